The predicted octanol–water partition coefficient (Wildman–Crippen LogP) is 1.23. The molecule has 2 aliphatic rings. The molecule has 0 atom stereocenters. The van der Waals surface area contributed by atoms with Crippen LogP contribution in [-0.2, 0) is 13.1 Å². The third-order valence-corrected chi connectivity index (χ3v) is 6.06. The van der Waals surface area contributed by atoms with E-state index in [0.717, 1.165) is 54.5 Å². The highest BCUT2D eigenvalue weighted by Gasteiger charge is 2.22. The molecule has 11 heteroatoms. The van der Waals surface area contributed by atoms with Crippen molar-refractivity contribution in [1.29, 1.82) is 0 Å². The summed E-state index contributed by atoms with van der Waals surface area (Å²) in [6.07, 6.45) is 1.89. The summed E-state index contributed by atoms with van der Waals surface area (Å²) in [6, 6.07) is 6.15. The summed E-state index contributed by atoms with van der Waals surface area (Å²) >= 11 is 0. The minimum atomic E-state index is -0.0910. The maximum absolute atomic E-state index is 12.0. The van der Waals surface area contributed by atoms with Crippen molar-refractivity contribution in [2.24, 2.45) is 0 Å². The van der Waals surface area contributed by atoms with Gasteiger partial charge in [0.25, 0.3) is 5.56 Å². The number of piperidine rings is 1. The number of anilines is 1. The molecule has 1 fully saturated rings. The van der Waals surface area contributed by atoms with Crippen molar-refractivity contribution in [1.82, 2.24) is 35.1 Å². The second-order valence-electron chi connectivity index (χ2n) is 8.26. The number of rotatable bonds is 6. The number of hydrogen-bond acceptors (Lipinski definition) is 9. The first-order chi connectivity index (χ1) is 15.5. The maximum atomic E-state index is 12.0. The van der Waals surface area contributed by atoms with Crippen LogP contribution in [0.3, 0.4) is 0 Å². The van der Waals surface area contributed by atoms with E-state index in [4.69, 9.17) is 9.47 Å². The van der Waals surface area contributed by atoms with Crippen LogP contribution in [0.2, 0.25) is 0 Å². The van der Waals surface area contributed by atoms with Crippen LogP contribution in [-0.4, -0.2) is 61.0 Å². The maximum Gasteiger partial charge on any atom is 0.255 e. The van der Waals surface area contributed by atoms with E-state index < -0.39 is 0 Å². The highest BCUT2D eigenvalue weighted by atomic mass is 16.7. The largest absolute Gasteiger partial charge is 0.454 e. The first kappa shape index (κ1) is 20.4. The number of H-pyrrole nitrogens is 1. The molecule has 2 aromatic heterocycles. The first-order valence-corrected chi connectivity index (χ1v) is 10.7. The van der Waals surface area contributed by atoms with Gasteiger partial charge in [-0.1, -0.05) is 6.07 Å². The number of benzene rings is 1. The Kier molecular flexibility index (Phi) is 5.48. The van der Waals surface area contributed by atoms with Gasteiger partial charge in [-0.05, 0) is 54.8 Å². The van der Waals surface area contributed by atoms with Crippen molar-refractivity contribution in [2.75, 3.05) is 25.2 Å². The van der Waals surface area contributed by atoms with E-state index in [2.05, 4.69) is 35.7 Å². The van der Waals surface area contributed by atoms with Gasteiger partial charge in [-0.2, -0.15) is 0 Å². The molecule has 3 aromatic rings. The zero-order valence-corrected chi connectivity index (χ0v) is 18.2. The summed E-state index contributed by atoms with van der Waals surface area (Å²) in [5.41, 5.74) is 2.37. The number of fused-ring (bicyclic) bond motifs is 1. The van der Waals surface area contributed by atoms with Crippen molar-refractivity contribution in [3.63, 3.8) is 0 Å². The van der Waals surface area contributed by atoms with Gasteiger partial charge in [-0.15, -0.1) is 5.10 Å². The van der Waals surface area contributed by atoms with Crippen LogP contribution in [0, 0.1) is 13.8 Å². The molecule has 2 N–H and O–H groups in total. The monoisotopic (exact) mass is 438 g/mol. The standard InChI is InChI=1S/C21H26N8O3/c1-13-14(2)22-21(24-20(13)30)23-16-5-7-28(8-6-16)11-19-25-26-27-29(19)10-15-3-4-17-18(9-15)32-12-31-17/h3-4,9,16H,5-8,10-12H2,1-2H3,(H2,22,23,24,30). The molecule has 168 valence electrons. The van der Waals surface area contributed by atoms with Gasteiger partial charge < -0.3 is 14.8 Å². The Bertz CT molecular complexity index is 1170. The van der Waals surface area contributed by atoms with E-state index in [9.17, 15) is 4.79 Å². The van der Waals surface area contributed by atoms with Crippen molar-refractivity contribution in [2.45, 2.75) is 45.8 Å². The van der Waals surface area contributed by atoms with Crippen molar-refractivity contribution in [3.8, 4) is 11.5 Å². The number of aryl methyl sites for hydroxylation is 1. The summed E-state index contributed by atoms with van der Waals surface area (Å²) in [5.74, 6) is 2.90. The Morgan fingerprint density at radius 1 is 1.16 bits per heavy atom. The van der Waals surface area contributed by atoms with E-state index in [1.807, 2.05) is 29.8 Å². The van der Waals surface area contributed by atoms with Gasteiger partial charge in [-0.25, -0.2) is 9.67 Å². The van der Waals surface area contributed by atoms with E-state index in [-0.39, 0.29) is 18.4 Å². The summed E-state index contributed by atoms with van der Waals surface area (Å²) in [6.45, 7) is 6.96. The summed E-state index contributed by atoms with van der Waals surface area (Å²) in [7, 11) is 0. The molecular weight excluding hydrogens is 412 g/mol. The van der Waals surface area contributed by atoms with Crippen LogP contribution in [0.15, 0.2) is 23.0 Å². The molecule has 32 heavy (non-hydrogen) atoms. The minimum absolute atomic E-state index is 0.0910. The van der Waals surface area contributed by atoms with Gasteiger partial charge in [0.15, 0.2) is 17.3 Å². The topological polar surface area (TPSA) is 123 Å². The molecule has 0 spiro atoms. The van der Waals surface area contributed by atoms with Crippen molar-refractivity contribution in [3.05, 3.63) is 51.2 Å². The molecule has 0 unspecified atom stereocenters. The summed E-state index contributed by atoms with van der Waals surface area (Å²) < 4.78 is 12.7. The van der Waals surface area contributed by atoms with Gasteiger partial charge in [0.2, 0.25) is 12.7 Å². The van der Waals surface area contributed by atoms with E-state index >= 15 is 0 Å². The molecular formula is C21H26N8O3. The molecule has 0 amide bonds. The fourth-order valence-electron chi connectivity index (χ4n) is 4.01. The average molecular weight is 438 g/mol. The third-order valence-electron chi connectivity index (χ3n) is 6.06. The molecule has 0 radical (unpaired) electrons. The molecule has 0 bridgehead atoms. The second kappa shape index (κ2) is 8.58. The van der Waals surface area contributed by atoms with Crippen molar-refractivity contribution < 1.29 is 9.47 Å². The molecule has 11 nitrogen and oxygen atoms in total. The molecule has 1 saturated heterocycles. The fraction of sp³-hybridized carbons (Fsp3) is 0.476. The van der Waals surface area contributed by atoms with Gasteiger partial charge >= 0.3 is 0 Å². The highest BCUT2D eigenvalue weighted by molar-refractivity contribution is 5.44. The number of nitrogens with zero attached hydrogens (tertiary/aromatic N) is 6. The number of likely N-dealkylation sites (tertiary alicyclic amines) is 1. The minimum Gasteiger partial charge on any atom is -0.454 e. The van der Waals surface area contributed by atoms with Crippen LogP contribution in [0.4, 0.5) is 5.95 Å². The van der Waals surface area contributed by atoms with Crippen LogP contribution in [0.25, 0.3) is 0 Å². The Hall–Kier alpha value is -3.47. The molecule has 0 saturated carbocycles. The van der Waals surface area contributed by atoms with E-state index in [1.54, 1.807) is 6.92 Å². The normalized spacial score (nSPS) is 16.4. The molecule has 1 aromatic carbocycles. The quantitative estimate of drug-likeness (QED) is 0.585. The summed E-state index contributed by atoms with van der Waals surface area (Å²) in [5, 5.41) is 15.6. The number of tetrazole rings is 1. The molecule has 0 aliphatic carbocycles. The van der Waals surface area contributed by atoms with Crippen LogP contribution in [0.1, 0.15) is 35.5 Å². The zero-order chi connectivity index (χ0) is 22.1. The number of aromatic amines is 1. The average Bonchev–Trinajstić information content (AvgIpc) is 3.42. The SMILES string of the molecule is Cc1nc(NC2CCN(Cc3nnnn3Cc3ccc4c(c3)OCO4)CC2)[nH]c(=O)c1C. The van der Waals surface area contributed by atoms with Gasteiger partial charge in [0.1, 0.15) is 0 Å². The van der Waals surface area contributed by atoms with Gasteiger partial charge in [-0.3, -0.25) is 14.7 Å². The van der Waals surface area contributed by atoms with E-state index in [1.165, 1.54) is 0 Å². The lowest BCUT2D eigenvalue weighted by molar-refractivity contribution is 0.174. The Labute approximate surface area is 184 Å². The number of ether oxygens (including phenoxy) is 2. The summed E-state index contributed by atoms with van der Waals surface area (Å²) in [4.78, 5) is 21.6. The third kappa shape index (κ3) is 4.28. The van der Waals surface area contributed by atoms with Crippen LogP contribution >= 0.6 is 0 Å². The van der Waals surface area contributed by atoms with Gasteiger partial charge in [0.05, 0.1) is 13.1 Å². The van der Waals surface area contributed by atoms with Gasteiger partial charge in [0, 0.05) is 30.4 Å². The fourth-order valence-corrected chi connectivity index (χ4v) is 4.01. The first-order valence-electron chi connectivity index (χ1n) is 10.7. The molecule has 5 rings (SSSR count). The Morgan fingerprint density at radius 3 is 2.78 bits per heavy atom. The number of aromatic nitrogens is 6. The lowest BCUT2D eigenvalue weighted by atomic mass is 10.1. The van der Waals surface area contributed by atoms with Crippen LogP contribution < -0.4 is 20.3 Å². The van der Waals surface area contributed by atoms with Crippen molar-refractivity contribution >= 4 is 5.95 Å². The Balaban J connectivity index is 1.17. The lowest BCUT2D eigenvalue weighted by Gasteiger charge is -2.32. The van der Waals surface area contributed by atoms with Crippen LogP contribution in [0.5, 0.6) is 11.5 Å². The Morgan fingerprint density at radius 2 is 1.97 bits per heavy atom. The molecule has 4 heterocycles. The number of nitrogens with one attached hydrogen (secondary N) is 2. The predicted molar refractivity (Wildman–Crippen MR) is 116 cm³/mol. The lowest BCUT2D eigenvalue weighted by Crippen LogP contribution is -2.39. The smallest absolute Gasteiger partial charge is 0.255 e. The van der Waals surface area contributed by atoms with E-state index in [0.29, 0.717) is 24.6 Å². The highest BCUT2D eigenvalue weighted by Crippen LogP contribution is 2.32. The zero-order valence-electron chi connectivity index (χ0n) is 18.2. The molecule has 2 aliphatic heterocycles. The number of hydrogen-bond donors (Lipinski definition) is 2. The second-order valence-corrected chi connectivity index (χ2v) is 8.26.